The monoisotopic (exact) mass is 189 g/mol. The van der Waals surface area contributed by atoms with Gasteiger partial charge in [-0.05, 0) is 57.4 Å². The maximum atomic E-state index is 4.53. The Morgan fingerprint density at radius 2 is 2.14 bits per heavy atom. The molecule has 14 heavy (non-hydrogen) atoms. The van der Waals surface area contributed by atoms with Gasteiger partial charge in [-0.15, -0.1) is 0 Å². The maximum absolute atomic E-state index is 4.53. The van der Waals surface area contributed by atoms with E-state index in [-0.39, 0.29) is 0 Å². The highest BCUT2D eigenvalue weighted by Crippen LogP contribution is 2.40. The van der Waals surface area contributed by atoms with Gasteiger partial charge in [-0.2, -0.15) is 0 Å². The largest absolute Gasteiger partial charge is 0.261 e. The summed E-state index contributed by atoms with van der Waals surface area (Å²) in [6, 6.07) is 0. The molecule has 0 radical (unpaired) electrons. The fourth-order valence-electron chi connectivity index (χ4n) is 2.22. The minimum Gasteiger partial charge on any atom is -0.261 e. The van der Waals surface area contributed by atoms with E-state index in [0.29, 0.717) is 0 Å². The van der Waals surface area contributed by atoms with Crippen molar-refractivity contribution >= 4 is 5.71 Å². The summed E-state index contributed by atoms with van der Waals surface area (Å²) in [7, 11) is 0. The van der Waals surface area contributed by atoms with Crippen molar-refractivity contribution in [1.82, 2.24) is 0 Å². The predicted octanol–water partition coefficient (Wildman–Crippen LogP) is 3.87. The molecule has 0 saturated heterocycles. The molecule has 0 aliphatic heterocycles. The quantitative estimate of drug-likeness (QED) is 0.625. The third kappa shape index (κ3) is 1.97. The summed E-state index contributed by atoms with van der Waals surface area (Å²) in [5.74, 6) is 0.902. The highest BCUT2D eigenvalue weighted by atomic mass is 14.7. The molecule has 0 bridgehead atoms. The summed E-state index contributed by atoms with van der Waals surface area (Å²) >= 11 is 0. The van der Waals surface area contributed by atoms with Gasteiger partial charge in [0.1, 0.15) is 0 Å². The average Bonchev–Trinajstić information content (AvgIpc) is 2.93. The fraction of sp³-hybridized carbons (Fsp3) is 0.615. The van der Waals surface area contributed by atoms with Crippen LogP contribution in [0.3, 0.4) is 0 Å². The molecule has 2 aliphatic carbocycles. The summed E-state index contributed by atoms with van der Waals surface area (Å²) in [5, 5.41) is 0. The second kappa shape index (κ2) is 4.12. The van der Waals surface area contributed by atoms with Crippen molar-refractivity contribution in [1.29, 1.82) is 0 Å². The Hall–Kier alpha value is -0.850. The van der Waals surface area contributed by atoms with Gasteiger partial charge in [-0.25, -0.2) is 0 Å². The number of hydrogen-bond donors (Lipinski definition) is 0. The molecule has 1 nitrogen and oxygen atoms in total. The molecule has 0 heterocycles. The summed E-state index contributed by atoms with van der Waals surface area (Å²) in [6.45, 7) is 4.33. The summed E-state index contributed by atoms with van der Waals surface area (Å²) in [6.07, 6.45) is 10.5. The SMILES string of the molecule is CC=CN=C1CCC/C1=C(/C)C1CC1. The van der Waals surface area contributed by atoms with Crippen molar-refractivity contribution < 1.29 is 0 Å². The first-order valence-electron chi connectivity index (χ1n) is 5.70. The van der Waals surface area contributed by atoms with Crippen LogP contribution in [0, 0.1) is 5.92 Å². The zero-order chi connectivity index (χ0) is 9.97. The first-order valence-corrected chi connectivity index (χ1v) is 5.70. The molecule has 0 spiro atoms. The Morgan fingerprint density at radius 3 is 2.79 bits per heavy atom. The lowest BCUT2D eigenvalue weighted by atomic mass is 10.0. The summed E-state index contributed by atoms with van der Waals surface area (Å²) in [5.41, 5.74) is 4.56. The van der Waals surface area contributed by atoms with Crippen LogP contribution < -0.4 is 0 Å². The zero-order valence-electron chi connectivity index (χ0n) is 9.21. The lowest BCUT2D eigenvalue weighted by molar-refractivity contribution is 0.912. The average molecular weight is 189 g/mol. The van der Waals surface area contributed by atoms with Crippen molar-refractivity contribution in [3.63, 3.8) is 0 Å². The molecule has 0 aromatic carbocycles. The Bertz CT molecular complexity index is 303. The van der Waals surface area contributed by atoms with E-state index in [1.165, 1.54) is 37.8 Å². The molecule has 0 unspecified atom stereocenters. The molecule has 0 N–H and O–H groups in total. The normalized spacial score (nSPS) is 29.1. The molecule has 0 aromatic heterocycles. The topological polar surface area (TPSA) is 12.4 Å². The molecular formula is C13H19N. The first-order chi connectivity index (χ1) is 6.83. The highest BCUT2D eigenvalue weighted by Gasteiger charge is 2.28. The van der Waals surface area contributed by atoms with Crippen molar-refractivity contribution in [3.05, 3.63) is 23.4 Å². The molecule has 0 aromatic rings. The predicted molar refractivity (Wildman–Crippen MR) is 61.5 cm³/mol. The van der Waals surface area contributed by atoms with Gasteiger partial charge in [0.2, 0.25) is 0 Å². The molecule has 2 fully saturated rings. The molecular weight excluding hydrogens is 170 g/mol. The minimum absolute atomic E-state index is 0.902. The van der Waals surface area contributed by atoms with Crippen LogP contribution in [0.2, 0.25) is 0 Å². The summed E-state index contributed by atoms with van der Waals surface area (Å²) < 4.78 is 0. The molecule has 0 amide bonds. The molecule has 2 rings (SSSR count). The third-order valence-corrected chi connectivity index (χ3v) is 3.23. The van der Waals surface area contributed by atoms with E-state index in [2.05, 4.69) is 11.9 Å². The van der Waals surface area contributed by atoms with Crippen LogP contribution in [0.1, 0.15) is 46.0 Å². The van der Waals surface area contributed by atoms with Gasteiger partial charge in [0.05, 0.1) is 0 Å². The minimum atomic E-state index is 0.902. The van der Waals surface area contributed by atoms with Crippen molar-refractivity contribution in [2.45, 2.75) is 46.0 Å². The number of rotatable bonds is 2. The molecule has 2 saturated carbocycles. The number of nitrogens with zero attached hydrogens (tertiary/aromatic N) is 1. The van der Waals surface area contributed by atoms with Gasteiger partial charge in [0.15, 0.2) is 0 Å². The molecule has 0 atom stereocenters. The van der Waals surface area contributed by atoms with Crippen molar-refractivity contribution in [2.75, 3.05) is 0 Å². The zero-order valence-corrected chi connectivity index (χ0v) is 9.21. The van der Waals surface area contributed by atoms with Crippen LogP contribution in [0.5, 0.6) is 0 Å². The van der Waals surface area contributed by atoms with E-state index in [0.717, 1.165) is 5.92 Å². The number of hydrogen-bond acceptors (Lipinski definition) is 1. The Kier molecular flexibility index (Phi) is 2.85. The molecule has 76 valence electrons. The van der Waals surface area contributed by atoms with E-state index in [1.54, 1.807) is 11.1 Å². The second-order valence-electron chi connectivity index (χ2n) is 4.35. The standard InChI is InChI=1S/C13H19N/c1-3-9-14-13-6-4-5-12(13)10(2)11-7-8-11/h3,9,11H,4-8H2,1-2H3/b9-3?,12-10+,14-13?. The van der Waals surface area contributed by atoms with Crippen molar-refractivity contribution in [3.8, 4) is 0 Å². The van der Waals surface area contributed by atoms with Crippen LogP contribution in [0.25, 0.3) is 0 Å². The van der Waals surface area contributed by atoms with Crippen LogP contribution in [0.15, 0.2) is 28.4 Å². The van der Waals surface area contributed by atoms with Crippen LogP contribution in [-0.4, -0.2) is 5.71 Å². The van der Waals surface area contributed by atoms with Gasteiger partial charge in [-0.3, -0.25) is 4.99 Å². The highest BCUT2D eigenvalue weighted by molar-refractivity contribution is 6.03. The maximum Gasteiger partial charge on any atom is 0.0435 e. The van der Waals surface area contributed by atoms with E-state index in [1.807, 2.05) is 19.2 Å². The lowest BCUT2D eigenvalue weighted by Crippen LogP contribution is -1.97. The van der Waals surface area contributed by atoms with E-state index in [4.69, 9.17) is 0 Å². The van der Waals surface area contributed by atoms with Gasteiger partial charge in [-0.1, -0.05) is 11.6 Å². The Labute approximate surface area is 86.6 Å². The van der Waals surface area contributed by atoms with Gasteiger partial charge >= 0.3 is 0 Å². The molecule has 1 heteroatoms. The van der Waals surface area contributed by atoms with Gasteiger partial charge < -0.3 is 0 Å². The van der Waals surface area contributed by atoms with E-state index >= 15 is 0 Å². The second-order valence-corrected chi connectivity index (χ2v) is 4.35. The summed E-state index contributed by atoms with van der Waals surface area (Å²) in [4.78, 5) is 4.53. The molecule has 2 aliphatic rings. The first kappa shape index (κ1) is 9.70. The van der Waals surface area contributed by atoms with Crippen LogP contribution in [0.4, 0.5) is 0 Å². The number of aliphatic imine (C=N–C) groups is 1. The Morgan fingerprint density at radius 1 is 1.36 bits per heavy atom. The lowest BCUT2D eigenvalue weighted by Gasteiger charge is -2.04. The Balaban J connectivity index is 2.21. The van der Waals surface area contributed by atoms with Gasteiger partial charge in [0.25, 0.3) is 0 Å². The number of allylic oxidation sites excluding steroid dienone is 3. The van der Waals surface area contributed by atoms with E-state index < -0.39 is 0 Å². The van der Waals surface area contributed by atoms with E-state index in [9.17, 15) is 0 Å². The van der Waals surface area contributed by atoms with Crippen molar-refractivity contribution in [2.24, 2.45) is 10.9 Å². The van der Waals surface area contributed by atoms with Crippen LogP contribution >= 0.6 is 0 Å². The van der Waals surface area contributed by atoms with Crippen LogP contribution in [-0.2, 0) is 0 Å². The van der Waals surface area contributed by atoms with Gasteiger partial charge in [0, 0.05) is 11.9 Å². The third-order valence-electron chi connectivity index (χ3n) is 3.23. The smallest absolute Gasteiger partial charge is 0.0435 e. The fourth-order valence-corrected chi connectivity index (χ4v) is 2.22.